The quantitative estimate of drug-likeness (QED) is 0.534. The molecule has 0 radical (unpaired) electrons. The first-order valence-corrected chi connectivity index (χ1v) is 7.39. The molecule has 2 heterocycles. The number of epoxide rings is 1. The second-order valence-electron chi connectivity index (χ2n) is 6.94. The van der Waals surface area contributed by atoms with E-state index in [4.69, 9.17) is 9.47 Å². The van der Waals surface area contributed by atoms with E-state index in [-0.39, 0.29) is 35.8 Å². The van der Waals surface area contributed by atoms with E-state index in [2.05, 4.69) is 0 Å². The first-order valence-electron chi connectivity index (χ1n) is 7.39. The van der Waals surface area contributed by atoms with Crippen molar-refractivity contribution in [3.63, 3.8) is 0 Å². The van der Waals surface area contributed by atoms with Gasteiger partial charge in [0.05, 0.1) is 11.5 Å². The molecule has 1 saturated carbocycles. The summed E-state index contributed by atoms with van der Waals surface area (Å²) >= 11 is 0. The molecule has 3 fully saturated rings. The molecule has 2 saturated heterocycles. The molecule has 6 atom stereocenters. The summed E-state index contributed by atoms with van der Waals surface area (Å²) in [5, 5.41) is 10.3. The molecule has 0 amide bonds. The Labute approximate surface area is 118 Å². The highest BCUT2D eigenvalue weighted by Crippen LogP contribution is 2.50. The molecule has 112 valence electrons. The van der Waals surface area contributed by atoms with E-state index in [1.807, 2.05) is 13.8 Å². The van der Waals surface area contributed by atoms with E-state index in [0.717, 1.165) is 0 Å². The predicted molar refractivity (Wildman–Crippen MR) is 69.9 cm³/mol. The number of fused-ring (bicyclic) bond motifs is 3. The normalized spacial score (nSPS) is 52.0. The molecule has 5 heteroatoms. The molecule has 0 aromatic heterocycles. The predicted octanol–water partition coefficient (Wildman–Crippen LogP) is 1.22. The third-order valence-electron chi connectivity index (χ3n) is 5.34. The molecule has 0 aromatic carbocycles. The fourth-order valence-electron chi connectivity index (χ4n) is 3.58. The van der Waals surface area contributed by atoms with Crippen LogP contribution >= 0.6 is 0 Å². The van der Waals surface area contributed by atoms with Gasteiger partial charge in [0, 0.05) is 12.3 Å². The summed E-state index contributed by atoms with van der Waals surface area (Å²) in [6.45, 7) is 5.38. The van der Waals surface area contributed by atoms with Crippen LogP contribution in [0.2, 0.25) is 0 Å². The maximum absolute atomic E-state index is 12.1. The van der Waals surface area contributed by atoms with Gasteiger partial charge in [-0.15, -0.1) is 0 Å². The molecular formula is C15H22O5. The van der Waals surface area contributed by atoms with Crippen LogP contribution in [0.5, 0.6) is 0 Å². The molecule has 2 unspecified atom stereocenters. The van der Waals surface area contributed by atoms with Gasteiger partial charge in [0.15, 0.2) is 5.78 Å². The topological polar surface area (TPSA) is 76.1 Å². The maximum Gasteiger partial charge on any atom is 0.309 e. The fourth-order valence-corrected chi connectivity index (χ4v) is 3.58. The largest absolute Gasteiger partial charge is 0.459 e. The van der Waals surface area contributed by atoms with Gasteiger partial charge in [-0.25, -0.2) is 0 Å². The van der Waals surface area contributed by atoms with Crippen molar-refractivity contribution in [1.29, 1.82) is 0 Å². The highest BCUT2D eigenvalue weighted by Gasteiger charge is 2.62. The molecule has 5 nitrogen and oxygen atoms in total. The van der Waals surface area contributed by atoms with Crippen LogP contribution in [-0.4, -0.2) is 40.3 Å². The van der Waals surface area contributed by atoms with Gasteiger partial charge in [0.2, 0.25) is 0 Å². The number of rotatable bonds is 0. The van der Waals surface area contributed by atoms with Gasteiger partial charge in [0.1, 0.15) is 17.8 Å². The minimum atomic E-state index is -1.31. The zero-order valence-corrected chi connectivity index (χ0v) is 12.2. The molecule has 0 aromatic rings. The summed E-state index contributed by atoms with van der Waals surface area (Å²) in [5.41, 5.74) is -1.70. The lowest BCUT2D eigenvalue weighted by molar-refractivity contribution is -0.144. The SMILES string of the molecule is C[C@@H]1C(=O)O[C@H]2C1CCC(C)(O)C(=O)CC[C@@]1(C)O[C@@H]21. The second-order valence-corrected chi connectivity index (χ2v) is 6.94. The van der Waals surface area contributed by atoms with Crippen LogP contribution in [0.3, 0.4) is 0 Å². The van der Waals surface area contributed by atoms with Crippen LogP contribution in [0.15, 0.2) is 0 Å². The van der Waals surface area contributed by atoms with Crippen LogP contribution in [-0.2, 0) is 19.1 Å². The van der Waals surface area contributed by atoms with Crippen molar-refractivity contribution in [2.45, 2.75) is 69.9 Å². The maximum atomic E-state index is 12.1. The van der Waals surface area contributed by atoms with Crippen LogP contribution < -0.4 is 0 Å². The Morgan fingerprint density at radius 3 is 2.65 bits per heavy atom. The van der Waals surface area contributed by atoms with E-state index in [1.54, 1.807) is 6.92 Å². The molecule has 3 aliphatic rings. The number of ether oxygens (including phenoxy) is 2. The number of esters is 1. The number of hydrogen-bond acceptors (Lipinski definition) is 5. The standard InChI is InChI=1S/C15H22O5/c1-8-9-4-6-14(2,18)10(16)5-7-15(3)12(20-15)11(9)19-13(8)17/h8-9,11-12,18H,4-7H2,1-3H3/t8-,9?,11-,12-,14?,15+/m0/s1. The summed E-state index contributed by atoms with van der Waals surface area (Å²) in [4.78, 5) is 23.9. The third-order valence-corrected chi connectivity index (χ3v) is 5.34. The van der Waals surface area contributed by atoms with Gasteiger partial charge < -0.3 is 14.6 Å². The second kappa shape index (κ2) is 4.28. The van der Waals surface area contributed by atoms with E-state index < -0.39 is 11.2 Å². The molecule has 20 heavy (non-hydrogen) atoms. The number of aliphatic hydroxyl groups is 1. The van der Waals surface area contributed by atoms with Crippen molar-refractivity contribution in [1.82, 2.24) is 0 Å². The lowest BCUT2D eigenvalue weighted by Gasteiger charge is -2.27. The van der Waals surface area contributed by atoms with Crippen molar-refractivity contribution < 1.29 is 24.2 Å². The summed E-state index contributed by atoms with van der Waals surface area (Å²) in [6, 6.07) is 0. The van der Waals surface area contributed by atoms with Gasteiger partial charge in [-0.2, -0.15) is 0 Å². The van der Waals surface area contributed by atoms with Crippen LogP contribution in [0.25, 0.3) is 0 Å². The first-order chi connectivity index (χ1) is 9.24. The highest BCUT2D eigenvalue weighted by molar-refractivity contribution is 5.86. The summed E-state index contributed by atoms with van der Waals surface area (Å²) in [5.74, 6) is -0.502. The summed E-state index contributed by atoms with van der Waals surface area (Å²) < 4.78 is 11.2. The van der Waals surface area contributed by atoms with Crippen molar-refractivity contribution in [3.05, 3.63) is 0 Å². The number of carbonyl (C=O) groups is 2. The fraction of sp³-hybridized carbons (Fsp3) is 0.867. The molecule has 3 rings (SSSR count). The van der Waals surface area contributed by atoms with Crippen molar-refractivity contribution in [2.24, 2.45) is 11.8 Å². The molecule has 1 aliphatic carbocycles. The number of carbonyl (C=O) groups excluding carboxylic acids is 2. The average molecular weight is 282 g/mol. The van der Waals surface area contributed by atoms with E-state index in [9.17, 15) is 14.7 Å². The van der Waals surface area contributed by atoms with Gasteiger partial charge in [-0.1, -0.05) is 6.92 Å². The van der Waals surface area contributed by atoms with Crippen LogP contribution in [0, 0.1) is 11.8 Å². The Kier molecular flexibility index (Phi) is 3.00. The zero-order chi connectivity index (χ0) is 14.7. The Bertz CT molecular complexity index is 457. The van der Waals surface area contributed by atoms with Gasteiger partial charge in [-0.3, -0.25) is 9.59 Å². The monoisotopic (exact) mass is 282 g/mol. The Balaban J connectivity index is 1.87. The molecule has 0 spiro atoms. The van der Waals surface area contributed by atoms with Crippen molar-refractivity contribution in [3.8, 4) is 0 Å². The van der Waals surface area contributed by atoms with Gasteiger partial charge in [-0.05, 0) is 33.1 Å². The van der Waals surface area contributed by atoms with Crippen molar-refractivity contribution in [2.75, 3.05) is 0 Å². The Hall–Kier alpha value is -0.940. The third kappa shape index (κ3) is 2.07. The average Bonchev–Trinajstić information content (AvgIpc) is 2.96. The first kappa shape index (κ1) is 14.0. The Morgan fingerprint density at radius 2 is 1.95 bits per heavy atom. The molecule has 2 aliphatic heterocycles. The van der Waals surface area contributed by atoms with Crippen LogP contribution in [0.4, 0.5) is 0 Å². The van der Waals surface area contributed by atoms with Gasteiger partial charge in [0.25, 0.3) is 0 Å². The number of ketones is 1. The zero-order valence-electron chi connectivity index (χ0n) is 12.2. The lowest BCUT2D eigenvalue weighted by Crippen LogP contribution is -2.39. The van der Waals surface area contributed by atoms with E-state index >= 15 is 0 Å². The molecule has 1 N–H and O–H groups in total. The summed E-state index contributed by atoms with van der Waals surface area (Å²) in [7, 11) is 0. The van der Waals surface area contributed by atoms with Gasteiger partial charge >= 0.3 is 5.97 Å². The van der Waals surface area contributed by atoms with Crippen LogP contribution in [0.1, 0.15) is 46.5 Å². The molecular weight excluding hydrogens is 260 g/mol. The van der Waals surface area contributed by atoms with E-state index in [0.29, 0.717) is 25.7 Å². The van der Waals surface area contributed by atoms with Crippen molar-refractivity contribution >= 4 is 11.8 Å². The number of Topliss-reactive ketones (excluding diaryl/α,β-unsaturated/α-hetero) is 1. The number of hydrogen-bond donors (Lipinski definition) is 1. The Morgan fingerprint density at radius 1 is 1.25 bits per heavy atom. The minimum absolute atomic E-state index is 0.0201. The highest BCUT2D eigenvalue weighted by atomic mass is 16.6. The lowest BCUT2D eigenvalue weighted by atomic mass is 9.78. The van der Waals surface area contributed by atoms with E-state index in [1.165, 1.54) is 0 Å². The summed E-state index contributed by atoms with van der Waals surface area (Å²) in [6.07, 6.45) is 1.52. The molecule has 0 bridgehead atoms. The smallest absolute Gasteiger partial charge is 0.309 e. The minimum Gasteiger partial charge on any atom is -0.459 e.